The molecule has 0 bridgehead atoms. The van der Waals surface area contributed by atoms with Crippen molar-refractivity contribution in [3.8, 4) is 5.75 Å². The number of anilines is 1. The SMILES string of the molecule is COc1cc(F)ccc1NC(=O)N1CC=C(c2c[nH]c3ccccc23)CC1. The number of nitrogens with one attached hydrogen (secondary N) is 2. The number of urea groups is 1. The van der Waals surface area contributed by atoms with E-state index in [-0.39, 0.29) is 6.03 Å². The van der Waals surface area contributed by atoms with Crippen molar-refractivity contribution in [3.63, 3.8) is 0 Å². The van der Waals surface area contributed by atoms with Gasteiger partial charge in [-0.15, -0.1) is 0 Å². The number of methoxy groups -OCH3 is 1. The predicted octanol–water partition coefficient (Wildman–Crippen LogP) is 4.64. The number of carbonyl (C=O) groups is 1. The first-order valence-corrected chi connectivity index (χ1v) is 8.80. The van der Waals surface area contributed by atoms with Crippen molar-refractivity contribution in [2.75, 3.05) is 25.5 Å². The molecule has 5 nitrogen and oxygen atoms in total. The van der Waals surface area contributed by atoms with Crippen LogP contribution in [-0.4, -0.2) is 36.1 Å². The Labute approximate surface area is 156 Å². The monoisotopic (exact) mass is 365 g/mol. The number of ether oxygens (including phenoxy) is 1. The van der Waals surface area contributed by atoms with E-state index in [0.717, 1.165) is 11.9 Å². The quantitative estimate of drug-likeness (QED) is 0.711. The molecule has 1 aliphatic heterocycles. The molecule has 0 fully saturated rings. The van der Waals surface area contributed by atoms with Crippen LogP contribution in [0.1, 0.15) is 12.0 Å². The summed E-state index contributed by atoms with van der Waals surface area (Å²) in [5.41, 5.74) is 3.98. The molecule has 3 aromatic rings. The van der Waals surface area contributed by atoms with Crippen molar-refractivity contribution in [2.45, 2.75) is 6.42 Å². The summed E-state index contributed by atoms with van der Waals surface area (Å²) in [6, 6.07) is 12.0. The zero-order valence-corrected chi connectivity index (χ0v) is 15.0. The molecule has 1 aromatic heterocycles. The molecule has 0 saturated carbocycles. The maximum Gasteiger partial charge on any atom is 0.322 e. The van der Waals surface area contributed by atoms with Gasteiger partial charge in [0.2, 0.25) is 0 Å². The van der Waals surface area contributed by atoms with Gasteiger partial charge >= 0.3 is 6.03 Å². The predicted molar refractivity (Wildman–Crippen MR) is 104 cm³/mol. The van der Waals surface area contributed by atoms with E-state index in [4.69, 9.17) is 4.74 Å². The maximum atomic E-state index is 13.3. The third kappa shape index (κ3) is 3.38. The van der Waals surface area contributed by atoms with Crippen LogP contribution in [-0.2, 0) is 0 Å². The molecule has 0 unspecified atom stereocenters. The molecule has 138 valence electrons. The van der Waals surface area contributed by atoms with Crippen LogP contribution in [0.4, 0.5) is 14.9 Å². The molecule has 4 rings (SSSR count). The number of amides is 2. The third-order valence-electron chi connectivity index (χ3n) is 4.84. The van der Waals surface area contributed by atoms with Gasteiger partial charge in [-0.2, -0.15) is 0 Å². The number of para-hydroxylation sites is 1. The fraction of sp³-hybridized carbons (Fsp3) is 0.190. The second kappa shape index (κ2) is 7.15. The van der Waals surface area contributed by atoms with Gasteiger partial charge in [-0.1, -0.05) is 24.3 Å². The summed E-state index contributed by atoms with van der Waals surface area (Å²) in [6.07, 6.45) is 4.88. The van der Waals surface area contributed by atoms with Gasteiger partial charge in [0.15, 0.2) is 0 Å². The molecule has 2 aromatic carbocycles. The molecule has 0 spiro atoms. The van der Waals surface area contributed by atoms with Crippen molar-refractivity contribution in [3.05, 3.63) is 66.1 Å². The number of hydrogen-bond acceptors (Lipinski definition) is 2. The first kappa shape index (κ1) is 17.1. The van der Waals surface area contributed by atoms with E-state index in [1.54, 1.807) is 4.90 Å². The zero-order chi connectivity index (χ0) is 18.8. The van der Waals surface area contributed by atoms with Gasteiger partial charge in [0.1, 0.15) is 11.6 Å². The van der Waals surface area contributed by atoms with Crippen LogP contribution in [0.15, 0.2) is 54.7 Å². The molecule has 2 heterocycles. The summed E-state index contributed by atoms with van der Waals surface area (Å²) in [6.45, 7) is 1.13. The molecule has 0 saturated heterocycles. The summed E-state index contributed by atoms with van der Waals surface area (Å²) in [7, 11) is 1.45. The lowest BCUT2D eigenvalue weighted by atomic mass is 9.99. The largest absolute Gasteiger partial charge is 0.494 e. The lowest BCUT2D eigenvalue weighted by Gasteiger charge is -2.27. The highest BCUT2D eigenvalue weighted by molar-refractivity contribution is 5.94. The normalized spacial score (nSPS) is 14.1. The number of H-pyrrole nitrogens is 1. The van der Waals surface area contributed by atoms with Gasteiger partial charge in [-0.05, 0) is 30.2 Å². The van der Waals surface area contributed by atoms with Gasteiger partial charge in [-0.25, -0.2) is 9.18 Å². The second-order valence-electron chi connectivity index (χ2n) is 6.45. The van der Waals surface area contributed by atoms with Crippen LogP contribution < -0.4 is 10.1 Å². The third-order valence-corrected chi connectivity index (χ3v) is 4.84. The molecule has 2 N–H and O–H groups in total. The molecular formula is C21H20FN3O2. The molecule has 2 amide bonds. The highest BCUT2D eigenvalue weighted by atomic mass is 19.1. The Morgan fingerprint density at radius 3 is 2.89 bits per heavy atom. The average Bonchev–Trinajstić information content (AvgIpc) is 3.13. The number of benzene rings is 2. The minimum absolute atomic E-state index is 0.228. The lowest BCUT2D eigenvalue weighted by Crippen LogP contribution is -2.37. The van der Waals surface area contributed by atoms with E-state index in [9.17, 15) is 9.18 Å². The molecule has 0 atom stereocenters. The number of carbonyl (C=O) groups excluding carboxylic acids is 1. The van der Waals surface area contributed by atoms with E-state index >= 15 is 0 Å². The molecule has 27 heavy (non-hydrogen) atoms. The number of aromatic nitrogens is 1. The van der Waals surface area contributed by atoms with Gasteiger partial charge in [0, 0.05) is 41.8 Å². The summed E-state index contributed by atoms with van der Waals surface area (Å²) in [5.74, 6) is -0.107. The first-order valence-electron chi connectivity index (χ1n) is 8.80. The Kier molecular flexibility index (Phi) is 4.54. The van der Waals surface area contributed by atoms with Crippen LogP contribution in [0.3, 0.4) is 0 Å². The van der Waals surface area contributed by atoms with Crippen LogP contribution in [0, 0.1) is 5.82 Å². The average molecular weight is 365 g/mol. The Bertz CT molecular complexity index is 1030. The van der Waals surface area contributed by atoms with Crippen LogP contribution in [0.25, 0.3) is 16.5 Å². The summed E-state index contributed by atoms with van der Waals surface area (Å²) >= 11 is 0. The first-order chi connectivity index (χ1) is 13.2. The van der Waals surface area contributed by atoms with E-state index < -0.39 is 5.82 Å². The summed E-state index contributed by atoms with van der Waals surface area (Å²) < 4.78 is 18.4. The fourth-order valence-corrected chi connectivity index (χ4v) is 3.40. The lowest BCUT2D eigenvalue weighted by molar-refractivity contribution is 0.217. The van der Waals surface area contributed by atoms with E-state index in [0.29, 0.717) is 24.5 Å². The molecule has 0 radical (unpaired) electrons. The highest BCUT2D eigenvalue weighted by Gasteiger charge is 2.20. The summed E-state index contributed by atoms with van der Waals surface area (Å²) in [4.78, 5) is 17.6. The smallest absolute Gasteiger partial charge is 0.322 e. The summed E-state index contributed by atoms with van der Waals surface area (Å²) in [5, 5.41) is 3.99. The molecule has 6 heteroatoms. The van der Waals surface area contributed by atoms with E-state index in [1.807, 2.05) is 18.3 Å². The number of halogens is 1. The standard InChI is InChI=1S/C21H20FN3O2/c1-27-20-12-15(22)6-7-19(20)24-21(26)25-10-8-14(9-11-25)17-13-23-18-5-3-2-4-16(17)18/h2-8,12-13,23H,9-11H2,1H3,(H,24,26). The maximum absolute atomic E-state index is 13.3. The number of hydrogen-bond donors (Lipinski definition) is 2. The van der Waals surface area contributed by atoms with Crippen LogP contribution >= 0.6 is 0 Å². The van der Waals surface area contributed by atoms with Gasteiger partial charge in [-0.3, -0.25) is 0 Å². The number of nitrogens with zero attached hydrogens (tertiary/aromatic N) is 1. The number of fused-ring (bicyclic) bond motifs is 1. The minimum atomic E-state index is -0.408. The van der Waals surface area contributed by atoms with Crippen LogP contribution in [0.2, 0.25) is 0 Å². The Morgan fingerprint density at radius 1 is 1.26 bits per heavy atom. The van der Waals surface area contributed by atoms with Crippen LogP contribution in [0.5, 0.6) is 5.75 Å². The molecular weight excluding hydrogens is 345 g/mol. The van der Waals surface area contributed by atoms with Gasteiger partial charge in [0.05, 0.1) is 12.8 Å². The Morgan fingerprint density at radius 2 is 2.11 bits per heavy atom. The van der Waals surface area contributed by atoms with Crippen molar-refractivity contribution in [1.82, 2.24) is 9.88 Å². The van der Waals surface area contributed by atoms with Gasteiger partial charge in [0.25, 0.3) is 0 Å². The number of rotatable bonds is 3. The highest BCUT2D eigenvalue weighted by Crippen LogP contribution is 2.30. The Hall–Kier alpha value is -3.28. The topological polar surface area (TPSA) is 57.4 Å². The van der Waals surface area contributed by atoms with Crippen molar-refractivity contribution < 1.29 is 13.9 Å². The second-order valence-corrected chi connectivity index (χ2v) is 6.45. The minimum Gasteiger partial charge on any atom is -0.494 e. The van der Waals surface area contributed by atoms with Crippen molar-refractivity contribution >= 4 is 28.2 Å². The van der Waals surface area contributed by atoms with E-state index in [1.165, 1.54) is 41.8 Å². The van der Waals surface area contributed by atoms with Crippen molar-refractivity contribution in [1.29, 1.82) is 0 Å². The van der Waals surface area contributed by atoms with Gasteiger partial charge < -0.3 is 19.9 Å². The number of aromatic amines is 1. The Balaban J connectivity index is 1.48. The zero-order valence-electron chi connectivity index (χ0n) is 15.0. The molecule has 0 aliphatic carbocycles. The fourth-order valence-electron chi connectivity index (χ4n) is 3.40. The molecule has 1 aliphatic rings. The van der Waals surface area contributed by atoms with Crippen molar-refractivity contribution in [2.24, 2.45) is 0 Å². The van der Waals surface area contributed by atoms with E-state index in [2.05, 4.69) is 28.5 Å².